The first-order valence-corrected chi connectivity index (χ1v) is 14.5. The average Bonchev–Trinajstić information content (AvgIpc) is 3.72. The van der Waals surface area contributed by atoms with Crippen LogP contribution in [0.2, 0.25) is 0 Å². The molecule has 1 unspecified atom stereocenters. The second-order valence-electron chi connectivity index (χ2n) is 11.1. The molecule has 3 fully saturated rings. The number of hydrogen-bond acceptors (Lipinski definition) is 6. The lowest BCUT2D eigenvalue weighted by molar-refractivity contribution is 0.0303. The van der Waals surface area contributed by atoms with Gasteiger partial charge in [-0.1, -0.05) is 24.3 Å². The third kappa shape index (κ3) is 4.91. The number of amides is 1. The van der Waals surface area contributed by atoms with Crippen LogP contribution < -0.4 is 5.32 Å². The Morgan fingerprint density at radius 1 is 0.825 bits per heavy atom. The monoisotopic (exact) mass is 537 g/mol. The van der Waals surface area contributed by atoms with Gasteiger partial charge in [-0.15, -0.1) is 10.2 Å². The molecule has 3 aliphatic rings. The Morgan fingerprint density at radius 2 is 1.60 bits per heavy atom. The van der Waals surface area contributed by atoms with Gasteiger partial charge < -0.3 is 24.7 Å². The van der Waals surface area contributed by atoms with Gasteiger partial charge in [0.2, 0.25) is 0 Å². The van der Waals surface area contributed by atoms with Crippen LogP contribution in [0.1, 0.15) is 52.6 Å². The number of hydrogen-bond donors (Lipinski definition) is 2. The van der Waals surface area contributed by atoms with Crippen LogP contribution >= 0.6 is 0 Å². The number of ether oxygens (including phenoxy) is 2. The predicted octanol–water partition coefficient (Wildman–Crippen LogP) is 4.74. The van der Waals surface area contributed by atoms with Gasteiger partial charge in [-0.3, -0.25) is 4.79 Å². The summed E-state index contributed by atoms with van der Waals surface area (Å²) in [6.07, 6.45) is 5.31. The number of aromatic amines is 1. The lowest BCUT2D eigenvalue weighted by Gasteiger charge is -2.27. The molecule has 2 aromatic carbocycles. The maximum absolute atomic E-state index is 12.9. The summed E-state index contributed by atoms with van der Waals surface area (Å²) in [7, 11) is 0. The predicted molar refractivity (Wildman–Crippen MR) is 155 cm³/mol. The lowest BCUT2D eigenvalue weighted by Crippen LogP contribution is -2.40. The topological polar surface area (TPSA) is 92.4 Å². The van der Waals surface area contributed by atoms with Gasteiger partial charge in [-0.2, -0.15) is 0 Å². The number of rotatable bonds is 5. The summed E-state index contributed by atoms with van der Waals surface area (Å²) in [5.41, 5.74) is 8.45. The van der Waals surface area contributed by atoms with Crippen LogP contribution in [-0.4, -0.2) is 78.6 Å². The Hall–Kier alpha value is -3.59. The van der Waals surface area contributed by atoms with Gasteiger partial charge in [0, 0.05) is 61.1 Å². The molecule has 4 aromatic rings. The van der Waals surface area contributed by atoms with E-state index in [1.807, 2.05) is 35.4 Å². The molecular formula is C32H35N5O3. The fourth-order valence-electron chi connectivity index (χ4n) is 6.43. The minimum absolute atomic E-state index is 0.0550. The molecule has 8 heteroatoms. The van der Waals surface area contributed by atoms with Crippen LogP contribution in [0.3, 0.4) is 0 Å². The van der Waals surface area contributed by atoms with Gasteiger partial charge in [-0.05, 0) is 78.6 Å². The van der Waals surface area contributed by atoms with Crippen molar-refractivity contribution in [1.29, 1.82) is 0 Å². The van der Waals surface area contributed by atoms with E-state index in [0.29, 0.717) is 43.7 Å². The van der Waals surface area contributed by atoms with E-state index in [-0.39, 0.29) is 5.91 Å². The van der Waals surface area contributed by atoms with Crippen molar-refractivity contribution < 1.29 is 14.3 Å². The normalized spacial score (nSPS) is 20.3. The molecule has 1 amide bonds. The Morgan fingerprint density at radius 3 is 2.38 bits per heavy atom. The zero-order valence-corrected chi connectivity index (χ0v) is 22.7. The quantitative estimate of drug-likeness (QED) is 0.382. The zero-order valence-electron chi connectivity index (χ0n) is 22.7. The van der Waals surface area contributed by atoms with Gasteiger partial charge in [0.25, 0.3) is 5.91 Å². The van der Waals surface area contributed by atoms with E-state index in [2.05, 4.69) is 44.8 Å². The van der Waals surface area contributed by atoms with Crippen molar-refractivity contribution in [3.63, 3.8) is 0 Å². The molecule has 206 valence electrons. The summed E-state index contributed by atoms with van der Waals surface area (Å²) < 4.78 is 11.0. The Kier molecular flexibility index (Phi) is 7.05. The van der Waals surface area contributed by atoms with Crippen LogP contribution in [0.5, 0.6) is 0 Å². The van der Waals surface area contributed by atoms with Crippen LogP contribution in [-0.2, 0) is 9.47 Å². The smallest absolute Gasteiger partial charge is 0.254 e. The van der Waals surface area contributed by atoms with Crippen molar-refractivity contribution in [2.75, 3.05) is 52.6 Å². The fourth-order valence-corrected chi connectivity index (χ4v) is 6.43. The third-order valence-electron chi connectivity index (χ3n) is 8.72. The number of carbonyl (C=O) groups is 1. The minimum atomic E-state index is 0.0550. The van der Waals surface area contributed by atoms with Gasteiger partial charge in [-0.25, -0.2) is 0 Å². The molecule has 0 spiro atoms. The van der Waals surface area contributed by atoms with E-state index in [9.17, 15) is 4.79 Å². The molecule has 3 aliphatic heterocycles. The van der Waals surface area contributed by atoms with Crippen molar-refractivity contribution in [2.45, 2.75) is 31.1 Å². The highest BCUT2D eigenvalue weighted by Gasteiger charge is 2.26. The van der Waals surface area contributed by atoms with E-state index in [0.717, 1.165) is 79.0 Å². The Balaban J connectivity index is 1.20. The molecule has 8 nitrogen and oxygen atoms in total. The summed E-state index contributed by atoms with van der Waals surface area (Å²) >= 11 is 0. The maximum atomic E-state index is 12.9. The molecule has 40 heavy (non-hydrogen) atoms. The number of nitrogens with one attached hydrogen (secondary N) is 2. The van der Waals surface area contributed by atoms with Crippen LogP contribution in [0, 0.1) is 0 Å². The maximum Gasteiger partial charge on any atom is 0.254 e. The van der Waals surface area contributed by atoms with Gasteiger partial charge in [0.05, 0.1) is 18.9 Å². The minimum Gasteiger partial charge on any atom is -0.381 e. The fraction of sp³-hybridized carbons (Fsp3) is 0.406. The molecule has 0 bridgehead atoms. The van der Waals surface area contributed by atoms with E-state index in [4.69, 9.17) is 9.47 Å². The number of benzene rings is 2. The Labute approximate surface area is 234 Å². The molecule has 7 rings (SSSR count). The molecule has 0 saturated carbocycles. The van der Waals surface area contributed by atoms with Crippen molar-refractivity contribution in [1.82, 2.24) is 25.4 Å². The summed E-state index contributed by atoms with van der Waals surface area (Å²) in [5.74, 6) is 1.14. The zero-order chi connectivity index (χ0) is 26.9. The van der Waals surface area contributed by atoms with E-state index < -0.39 is 0 Å². The lowest BCUT2D eigenvalue weighted by atomic mass is 9.82. The number of nitrogens with zero attached hydrogens (tertiary/aromatic N) is 3. The highest BCUT2D eigenvalue weighted by atomic mass is 16.5. The first-order valence-electron chi connectivity index (χ1n) is 14.5. The second kappa shape index (κ2) is 11.1. The van der Waals surface area contributed by atoms with Crippen molar-refractivity contribution in [3.05, 3.63) is 71.4 Å². The molecule has 0 aliphatic carbocycles. The number of H-pyrrole nitrogens is 1. The summed E-state index contributed by atoms with van der Waals surface area (Å²) in [6, 6.07) is 16.9. The SMILES string of the molecule is O=C(c1ccc(-c2c[nH]c3nnc(-c4ccc(C5CCOCC5)c(C5CCNC5)c4)cc23)cc1)N1CCOCC1. The van der Waals surface area contributed by atoms with E-state index >= 15 is 0 Å². The van der Waals surface area contributed by atoms with E-state index in [1.165, 1.54) is 11.1 Å². The number of morpholine rings is 1. The summed E-state index contributed by atoms with van der Waals surface area (Å²) in [5, 5.41) is 13.7. The van der Waals surface area contributed by atoms with E-state index in [1.54, 1.807) is 0 Å². The van der Waals surface area contributed by atoms with Gasteiger partial charge in [0.15, 0.2) is 5.65 Å². The molecule has 0 radical (unpaired) electrons. The highest BCUT2D eigenvalue weighted by Crippen LogP contribution is 2.38. The third-order valence-corrected chi connectivity index (χ3v) is 8.72. The molecule has 2 N–H and O–H groups in total. The number of fused-ring (bicyclic) bond motifs is 1. The standard InChI is InChI=1S/C32H35N5O3/c38-32(37-11-15-40-16-12-37)23-3-1-21(2-4-23)29-20-34-31-28(29)18-30(35-36-31)24-5-6-26(22-8-13-39-14-9-22)27(17-24)25-7-10-33-19-25/h1-6,17-18,20,22,25,33H,7-16,19H2,(H,34,36). The first kappa shape index (κ1) is 25.4. The molecule has 2 aromatic heterocycles. The van der Waals surface area contributed by atoms with Crippen LogP contribution in [0.4, 0.5) is 0 Å². The number of carbonyl (C=O) groups excluding carboxylic acids is 1. The van der Waals surface area contributed by atoms with Crippen LogP contribution in [0.25, 0.3) is 33.4 Å². The van der Waals surface area contributed by atoms with Gasteiger partial charge >= 0.3 is 0 Å². The van der Waals surface area contributed by atoms with Crippen molar-refractivity contribution in [2.24, 2.45) is 0 Å². The van der Waals surface area contributed by atoms with Gasteiger partial charge in [0.1, 0.15) is 0 Å². The second-order valence-corrected chi connectivity index (χ2v) is 11.1. The Bertz CT molecular complexity index is 1500. The van der Waals surface area contributed by atoms with Crippen molar-refractivity contribution >= 4 is 16.9 Å². The summed E-state index contributed by atoms with van der Waals surface area (Å²) in [6.45, 7) is 6.25. The molecular weight excluding hydrogens is 502 g/mol. The first-order chi connectivity index (χ1) is 19.7. The van der Waals surface area contributed by atoms with Crippen LogP contribution in [0.15, 0.2) is 54.7 Å². The number of aromatic nitrogens is 3. The molecule has 3 saturated heterocycles. The average molecular weight is 538 g/mol. The largest absolute Gasteiger partial charge is 0.381 e. The highest BCUT2D eigenvalue weighted by molar-refractivity contribution is 5.97. The summed E-state index contributed by atoms with van der Waals surface area (Å²) in [4.78, 5) is 18.0. The van der Waals surface area contributed by atoms with Crippen molar-refractivity contribution in [3.8, 4) is 22.4 Å². The molecule has 1 atom stereocenters. The molecule has 5 heterocycles.